The van der Waals surface area contributed by atoms with E-state index in [9.17, 15) is 5.11 Å². The molecule has 0 amide bonds. The van der Waals surface area contributed by atoms with Crippen LogP contribution in [-0.2, 0) is 0 Å². The van der Waals surface area contributed by atoms with E-state index in [1.165, 1.54) is 13.2 Å². The van der Waals surface area contributed by atoms with Crippen molar-refractivity contribution in [2.24, 2.45) is 5.73 Å². The summed E-state index contributed by atoms with van der Waals surface area (Å²) in [4.78, 5) is 0. The fourth-order valence-electron chi connectivity index (χ4n) is 1.35. The fourth-order valence-corrected chi connectivity index (χ4v) is 1.35. The van der Waals surface area contributed by atoms with Crippen molar-refractivity contribution in [1.29, 1.82) is 5.26 Å². The standard InChI is InChI=1S/C11H14N2O2.ClH/c1-3-9(13)8-4-7(6-12)5-10(15-2)11(8)14;/h4-5,9,14H,3,13H2,1-2H3;1H/t9-;/m1./s1. The molecule has 5 heteroatoms. The number of hydrogen-bond donors (Lipinski definition) is 2. The van der Waals surface area contributed by atoms with Crippen LogP contribution in [0.1, 0.15) is 30.5 Å². The number of halogens is 1. The van der Waals surface area contributed by atoms with Gasteiger partial charge in [0.1, 0.15) is 0 Å². The van der Waals surface area contributed by atoms with Gasteiger partial charge in [-0.25, -0.2) is 0 Å². The van der Waals surface area contributed by atoms with Gasteiger partial charge in [0, 0.05) is 17.7 Å². The van der Waals surface area contributed by atoms with Gasteiger partial charge in [-0.15, -0.1) is 12.4 Å². The number of phenolic OH excluding ortho intramolecular Hbond substituents is 1. The van der Waals surface area contributed by atoms with E-state index >= 15 is 0 Å². The Labute approximate surface area is 101 Å². The number of aromatic hydroxyl groups is 1. The molecule has 3 N–H and O–H groups in total. The summed E-state index contributed by atoms with van der Waals surface area (Å²) in [6.07, 6.45) is 0.686. The van der Waals surface area contributed by atoms with E-state index in [-0.39, 0.29) is 29.9 Å². The van der Waals surface area contributed by atoms with Crippen LogP contribution in [0.15, 0.2) is 12.1 Å². The lowest BCUT2D eigenvalue weighted by atomic mass is 10.0. The third kappa shape index (κ3) is 2.78. The molecule has 0 spiro atoms. The first-order valence-electron chi connectivity index (χ1n) is 4.70. The second-order valence-electron chi connectivity index (χ2n) is 3.24. The molecule has 1 aromatic carbocycles. The smallest absolute Gasteiger partial charge is 0.162 e. The van der Waals surface area contributed by atoms with Crippen molar-refractivity contribution in [3.05, 3.63) is 23.3 Å². The Morgan fingerprint density at radius 2 is 2.19 bits per heavy atom. The lowest BCUT2D eigenvalue weighted by Crippen LogP contribution is -2.09. The van der Waals surface area contributed by atoms with Gasteiger partial charge in [-0.05, 0) is 12.5 Å². The van der Waals surface area contributed by atoms with E-state index in [0.717, 1.165) is 0 Å². The zero-order valence-corrected chi connectivity index (χ0v) is 10.0. The summed E-state index contributed by atoms with van der Waals surface area (Å²) in [7, 11) is 1.44. The van der Waals surface area contributed by atoms with Gasteiger partial charge < -0.3 is 15.6 Å². The zero-order valence-electron chi connectivity index (χ0n) is 9.23. The molecule has 0 saturated heterocycles. The third-order valence-electron chi connectivity index (χ3n) is 2.29. The molecular formula is C11H15ClN2O2. The number of nitrogens with zero attached hydrogens (tertiary/aromatic N) is 1. The summed E-state index contributed by atoms with van der Waals surface area (Å²) in [6, 6.07) is 4.79. The normalized spacial score (nSPS) is 11.1. The molecule has 1 aromatic rings. The minimum atomic E-state index is -0.285. The first kappa shape index (κ1) is 14.6. The number of hydrogen-bond acceptors (Lipinski definition) is 4. The minimum absolute atomic E-state index is 0. The lowest BCUT2D eigenvalue weighted by molar-refractivity contribution is 0.368. The molecule has 4 nitrogen and oxygen atoms in total. The molecule has 0 aliphatic carbocycles. The Balaban J connectivity index is 0.00000225. The summed E-state index contributed by atoms with van der Waals surface area (Å²) < 4.78 is 4.97. The number of phenols is 1. The molecule has 0 heterocycles. The summed E-state index contributed by atoms with van der Waals surface area (Å²) >= 11 is 0. The van der Waals surface area contributed by atoms with E-state index in [0.29, 0.717) is 17.5 Å². The maximum atomic E-state index is 9.80. The van der Waals surface area contributed by atoms with Gasteiger partial charge in [-0.2, -0.15) is 5.26 Å². The molecule has 16 heavy (non-hydrogen) atoms. The zero-order chi connectivity index (χ0) is 11.4. The SMILES string of the molecule is CC[C@@H](N)c1cc(C#N)cc(OC)c1O.Cl. The molecule has 0 fully saturated rings. The summed E-state index contributed by atoms with van der Waals surface area (Å²) in [5.41, 5.74) is 6.80. The highest BCUT2D eigenvalue weighted by atomic mass is 35.5. The Kier molecular flexibility index (Phi) is 5.65. The molecule has 0 radical (unpaired) electrons. The van der Waals surface area contributed by atoms with Gasteiger partial charge in [-0.1, -0.05) is 6.92 Å². The monoisotopic (exact) mass is 242 g/mol. The maximum absolute atomic E-state index is 9.80. The van der Waals surface area contributed by atoms with Crippen LogP contribution in [0.3, 0.4) is 0 Å². The van der Waals surface area contributed by atoms with Crippen molar-refractivity contribution in [3.63, 3.8) is 0 Å². The highest BCUT2D eigenvalue weighted by Gasteiger charge is 2.15. The van der Waals surface area contributed by atoms with Crippen LogP contribution in [-0.4, -0.2) is 12.2 Å². The Bertz CT molecular complexity index is 402. The number of benzene rings is 1. The quantitative estimate of drug-likeness (QED) is 0.851. The molecule has 1 atom stereocenters. The van der Waals surface area contributed by atoms with E-state index in [2.05, 4.69) is 0 Å². The van der Waals surface area contributed by atoms with Gasteiger partial charge in [0.2, 0.25) is 0 Å². The molecule has 0 bridgehead atoms. The number of nitrogens with two attached hydrogens (primary N) is 1. The van der Waals surface area contributed by atoms with Crippen molar-refractivity contribution in [3.8, 4) is 17.6 Å². The Hall–Kier alpha value is -1.44. The Morgan fingerprint density at radius 1 is 1.56 bits per heavy atom. The van der Waals surface area contributed by atoms with Gasteiger partial charge in [-0.3, -0.25) is 0 Å². The number of rotatable bonds is 3. The first-order chi connectivity index (χ1) is 7.13. The van der Waals surface area contributed by atoms with Crippen LogP contribution >= 0.6 is 12.4 Å². The molecule has 0 unspecified atom stereocenters. The fraction of sp³-hybridized carbons (Fsp3) is 0.364. The first-order valence-corrected chi connectivity index (χ1v) is 4.70. The molecule has 0 aromatic heterocycles. The minimum Gasteiger partial charge on any atom is -0.504 e. The predicted molar refractivity (Wildman–Crippen MR) is 63.8 cm³/mol. The van der Waals surface area contributed by atoms with Crippen molar-refractivity contribution < 1.29 is 9.84 Å². The molecule has 0 aliphatic rings. The van der Waals surface area contributed by atoms with E-state index in [1.807, 2.05) is 13.0 Å². The van der Waals surface area contributed by atoms with Gasteiger partial charge in [0.25, 0.3) is 0 Å². The van der Waals surface area contributed by atoms with E-state index in [1.54, 1.807) is 6.07 Å². The maximum Gasteiger partial charge on any atom is 0.162 e. The van der Waals surface area contributed by atoms with Crippen molar-refractivity contribution in [2.75, 3.05) is 7.11 Å². The van der Waals surface area contributed by atoms with Crippen LogP contribution < -0.4 is 10.5 Å². The van der Waals surface area contributed by atoms with Crippen molar-refractivity contribution in [1.82, 2.24) is 0 Å². The third-order valence-corrected chi connectivity index (χ3v) is 2.29. The van der Waals surface area contributed by atoms with Crippen LogP contribution in [0.25, 0.3) is 0 Å². The molecule has 0 saturated carbocycles. The second-order valence-corrected chi connectivity index (χ2v) is 3.24. The molecule has 1 rings (SSSR count). The van der Waals surface area contributed by atoms with Crippen LogP contribution in [0, 0.1) is 11.3 Å². The van der Waals surface area contributed by atoms with Gasteiger partial charge in [0.15, 0.2) is 11.5 Å². The Morgan fingerprint density at radius 3 is 2.62 bits per heavy atom. The number of methoxy groups -OCH3 is 1. The average molecular weight is 243 g/mol. The summed E-state index contributed by atoms with van der Waals surface area (Å²) in [6.45, 7) is 1.91. The highest BCUT2D eigenvalue weighted by molar-refractivity contribution is 5.85. The van der Waals surface area contributed by atoms with Crippen molar-refractivity contribution >= 4 is 12.4 Å². The number of ether oxygens (including phenoxy) is 1. The highest BCUT2D eigenvalue weighted by Crippen LogP contribution is 2.35. The number of nitriles is 1. The van der Waals surface area contributed by atoms with Crippen LogP contribution in [0.4, 0.5) is 0 Å². The van der Waals surface area contributed by atoms with Gasteiger partial charge in [0.05, 0.1) is 18.7 Å². The molecular weight excluding hydrogens is 228 g/mol. The predicted octanol–water partition coefficient (Wildman–Crippen LogP) is 2.10. The van der Waals surface area contributed by atoms with Crippen molar-refractivity contribution in [2.45, 2.75) is 19.4 Å². The second kappa shape index (κ2) is 6.21. The largest absolute Gasteiger partial charge is 0.504 e. The summed E-state index contributed by atoms with van der Waals surface area (Å²) in [5, 5.41) is 18.6. The topological polar surface area (TPSA) is 79.3 Å². The van der Waals surface area contributed by atoms with E-state index in [4.69, 9.17) is 15.7 Å². The van der Waals surface area contributed by atoms with Crippen LogP contribution in [0.5, 0.6) is 11.5 Å². The lowest BCUT2D eigenvalue weighted by Gasteiger charge is -2.14. The summed E-state index contributed by atoms with van der Waals surface area (Å²) in [5.74, 6) is 0.304. The molecule has 0 aliphatic heterocycles. The van der Waals surface area contributed by atoms with Crippen LogP contribution in [0.2, 0.25) is 0 Å². The van der Waals surface area contributed by atoms with Gasteiger partial charge >= 0.3 is 0 Å². The average Bonchev–Trinajstić information content (AvgIpc) is 2.28. The molecule has 88 valence electrons. The van der Waals surface area contributed by atoms with E-state index < -0.39 is 0 Å².